The molecule has 0 aliphatic rings. The number of nitrogens with zero attached hydrogens (tertiary/aromatic N) is 1. The van der Waals surface area contributed by atoms with Gasteiger partial charge in [-0.3, -0.25) is 4.90 Å². The maximum absolute atomic E-state index is 13.2. The second-order valence-corrected chi connectivity index (χ2v) is 10.6. The monoisotopic (exact) mass is 521 g/mol. The summed E-state index contributed by atoms with van der Waals surface area (Å²) in [7, 11) is -3.48. The molecule has 5 nitrogen and oxygen atoms in total. The third-order valence-corrected chi connectivity index (χ3v) is 6.80. The molecule has 0 spiro atoms. The summed E-state index contributed by atoms with van der Waals surface area (Å²) in [5, 5.41) is 9.18. The Morgan fingerprint density at radius 1 is 0.917 bits per heavy atom. The van der Waals surface area contributed by atoms with Gasteiger partial charge in [0.1, 0.15) is 5.75 Å². The standard InChI is InChI=1S/C27H30F3NO4S/c1-36(33,34)26-18-25(12-11-23(26)13-15-32)35-16-6-14-31(19-21-7-3-2-4-8-21)20-22-9-5-10-24(17-22)27(28,29)30/h2-5,7-12,17-18,32H,6,13-16,19-20H2,1H3. The van der Waals surface area contributed by atoms with Gasteiger partial charge in [0.25, 0.3) is 0 Å². The largest absolute Gasteiger partial charge is 0.494 e. The van der Waals surface area contributed by atoms with E-state index in [0.717, 1.165) is 17.9 Å². The van der Waals surface area contributed by atoms with Crippen molar-refractivity contribution in [2.24, 2.45) is 0 Å². The molecule has 0 saturated heterocycles. The Hall–Kier alpha value is -2.88. The van der Waals surface area contributed by atoms with E-state index in [4.69, 9.17) is 4.74 Å². The van der Waals surface area contributed by atoms with Crippen molar-refractivity contribution in [2.45, 2.75) is 37.0 Å². The highest BCUT2D eigenvalue weighted by Gasteiger charge is 2.30. The van der Waals surface area contributed by atoms with Gasteiger partial charge >= 0.3 is 6.18 Å². The Labute approximate surface area is 210 Å². The van der Waals surface area contributed by atoms with Crippen LogP contribution in [0, 0.1) is 0 Å². The number of aliphatic hydroxyl groups is 1. The maximum atomic E-state index is 13.2. The third kappa shape index (κ3) is 8.36. The van der Waals surface area contributed by atoms with Crippen LogP contribution in [0.1, 0.15) is 28.7 Å². The number of rotatable bonds is 12. The lowest BCUT2D eigenvalue weighted by Gasteiger charge is -2.23. The van der Waals surface area contributed by atoms with Crippen molar-refractivity contribution in [3.05, 3.63) is 95.1 Å². The minimum atomic E-state index is -4.40. The van der Waals surface area contributed by atoms with E-state index < -0.39 is 21.6 Å². The van der Waals surface area contributed by atoms with Crippen LogP contribution in [-0.4, -0.2) is 44.4 Å². The number of hydrogen-bond donors (Lipinski definition) is 1. The zero-order valence-electron chi connectivity index (χ0n) is 20.0. The second-order valence-electron chi connectivity index (χ2n) is 8.61. The Kier molecular flexibility index (Phi) is 9.53. The van der Waals surface area contributed by atoms with Gasteiger partial charge in [0, 0.05) is 32.5 Å². The van der Waals surface area contributed by atoms with Gasteiger partial charge in [-0.05, 0) is 47.7 Å². The summed E-state index contributed by atoms with van der Waals surface area (Å²) in [4.78, 5) is 2.18. The van der Waals surface area contributed by atoms with E-state index in [1.807, 2.05) is 30.3 Å². The molecule has 0 aliphatic carbocycles. The number of alkyl halides is 3. The molecule has 3 aromatic carbocycles. The Bertz CT molecular complexity index is 1230. The van der Waals surface area contributed by atoms with Gasteiger partial charge in [-0.1, -0.05) is 54.6 Å². The third-order valence-electron chi connectivity index (χ3n) is 5.62. The summed E-state index contributed by atoms with van der Waals surface area (Å²) in [5.41, 5.74) is 1.47. The quantitative estimate of drug-likeness (QED) is 0.336. The Balaban J connectivity index is 1.66. The molecule has 9 heteroatoms. The molecule has 0 heterocycles. The zero-order valence-corrected chi connectivity index (χ0v) is 20.9. The van der Waals surface area contributed by atoms with E-state index in [2.05, 4.69) is 4.90 Å². The predicted octanol–water partition coefficient (Wildman–Crippen LogP) is 5.12. The van der Waals surface area contributed by atoms with Gasteiger partial charge < -0.3 is 9.84 Å². The van der Waals surface area contributed by atoms with Gasteiger partial charge in [0.05, 0.1) is 17.1 Å². The molecule has 0 amide bonds. The average molecular weight is 522 g/mol. The summed E-state index contributed by atoms with van der Waals surface area (Å²) < 4.78 is 69.5. The number of aliphatic hydroxyl groups excluding tert-OH is 1. The maximum Gasteiger partial charge on any atom is 0.416 e. The predicted molar refractivity (Wildman–Crippen MR) is 132 cm³/mol. The number of ether oxygens (including phenoxy) is 1. The molecule has 0 radical (unpaired) electrons. The van der Waals surface area contributed by atoms with Crippen LogP contribution in [0.3, 0.4) is 0 Å². The lowest BCUT2D eigenvalue weighted by atomic mass is 10.1. The summed E-state index contributed by atoms with van der Waals surface area (Å²) >= 11 is 0. The first-order valence-corrected chi connectivity index (χ1v) is 13.4. The minimum Gasteiger partial charge on any atom is -0.494 e. The average Bonchev–Trinajstić information content (AvgIpc) is 2.82. The molecule has 0 aliphatic heterocycles. The fourth-order valence-electron chi connectivity index (χ4n) is 3.93. The van der Waals surface area contributed by atoms with E-state index in [-0.39, 0.29) is 17.9 Å². The lowest BCUT2D eigenvalue weighted by molar-refractivity contribution is -0.137. The fourth-order valence-corrected chi connectivity index (χ4v) is 4.91. The van der Waals surface area contributed by atoms with Crippen molar-refractivity contribution < 1.29 is 31.4 Å². The van der Waals surface area contributed by atoms with Gasteiger partial charge in [-0.15, -0.1) is 0 Å². The summed E-state index contributed by atoms with van der Waals surface area (Å²) in [5.74, 6) is 0.407. The van der Waals surface area contributed by atoms with Crippen molar-refractivity contribution >= 4 is 9.84 Å². The molecule has 3 rings (SSSR count). The summed E-state index contributed by atoms with van der Waals surface area (Å²) in [6.07, 6.45) is -2.47. The number of benzene rings is 3. The summed E-state index contributed by atoms with van der Waals surface area (Å²) in [6, 6.07) is 19.8. The molecular weight excluding hydrogens is 491 g/mol. The minimum absolute atomic E-state index is 0.129. The highest BCUT2D eigenvalue weighted by atomic mass is 32.2. The van der Waals surface area contributed by atoms with E-state index in [1.54, 1.807) is 18.2 Å². The topological polar surface area (TPSA) is 66.8 Å². The second kappa shape index (κ2) is 12.4. The molecule has 1 N–H and O–H groups in total. The first-order chi connectivity index (χ1) is 17.1. The van der Waals surface area contributed by atoms with Crippen LogP contribution in [0.25, 0.3) is 0 Å². The molecular formula is C27H30F3NO4S. The van der Waals surface area contributed by atoms with E-state index in [0.29, 0.717) is 49.5 Å². The smallest absolute Gasteiger partial charge is 0.416 e. The normalized spacial score (nSPS) is 12.2. The van der Waals surface area contributed by atoms with Crippen LogP contribution in [0.5, 0.6) is 5.75 Å². The summed E-state index contributed by atoms with van der Waals surface area (Å²) in [6.45, 7) is 1.60. The molecule has 0 atom stereocenters. The molecule has 0 bridgehead atoms. The highest BCUT2D eigenvalue weighted by Crippen LogP contribution is 2.30. The van der Waals surface area contributed by atoms with E-state index in [1.165, 1.54) is 18.2 Å². The van der Waals surface area contributed by atoms with Crippen LogP contribution in [-0.2, 0) is 35.5 Å². The van der Waals surface area contributed by atoms with Crippen LogP contribution < -0.4 is 4.74 Å². The van der Waals surface area contributed by atoms with Crippen molar-refractivity contribution in [1.29, 1.82) is 0 Å². The fraction of sp³-hybridized carbons (Fsp3) is 0.333. The zero-order chi connectivity index (χ0) is 26.2. The molecule has 0 saturated carbocycles. The first-order valence-electron chi connectivity index (χ1n) is 11.6. The number of halogens is 3. The SMILES string of the molecule is CS(=O)(=O)c1cc(OCCCN(Cc2ccccc2)Cc2cccc(C(F)(F)F)c2)ccc1CCO. The Morgan fingerprint density at radius 2 is 1.61 bits per heavy atom. The molecule has 36 heavy (non-hydrogen) atoms. The van der Waals surface area contributed by atoms with Crippen LogP contribution >= 0.6 is 0 Å². The van der Waals surface area contributed by atoms with Crippen LogP contribution in [0.4, 0.5) is 13.2 Å². The van der Waals surface area contributed by atoms with Crippen molar-refractivity contribution in [2.75, 3.05) is 26.0 Å². The van der Waals surface area contributed by atoms with Crippen molar-refractivity contribution in [3.63, 3.8) is 0 Å². The van der Waals surface area contributed by atoms with Gasteiger partial charge in [0.2, 0.25) is 0 Å². The van der Waals surface area contributed by atoms with Crippen molar-refractivity contribution in [1.82, 2.24) is 4.90 Å². The molecule has 0 fully saturated rings. The molecule has 194 valence electrons. The number of hydrogen-bond acceptors (Lipinski definition) is 5. The molecule has 3 aromatic rings. The van der Waals surface area contributed by atoms with Crippen LogP contribution in [0.2, 0.25) is 0 Å². The van der Waals surface area contributed by atoms with E-state index >= 15 is 0 Å². The highest BCUT2D eigenvalue weighted by molar-refractivity contribution is 7.90. The molecule has 0 aromatic heterocycles. The lowest BCUT2D eigenvalue weighted by Crippen LogP contribution is -2.25. The van der Waals surface area contributed by atoms with E-state index in [9.17, 15) is 26.7 Å². The van der Waals surface area contributed by atoms with Gasteiger partial charge in [-0.2, -0.15) is 13.2 Å². The van der Waals surface area contributed by atoms with Gasteiger partial charge in [-0.25, -0.2) is 8.42 Å². The molecule has 0 unspecified atom stereocenters. The Morgan fingerprint density at radius 3 is 2.28 bits per heavy atom. The number of sulfone groups is 1. The van der Waals surface area contributed by atoms with Crippen LogP contribution in [0.15, 0.2) is 77.7 Å². The first kappa shape index (κ1) is 27.7. The van der Waals surface area contributed by atoms with Crippen molar-refractivity contribution in [3.8, 4) is 5.75 Å². The van der Waals surface area contributed by atoms with Gasteiger partial charge in [0.15, 0.2) is 9.84 Å².